The van der Waals surface area contributed by atoms with Gasteiger partial charge in [0.15, 0.2) is 0 Å². The lowest BCUT2D eigenvalue weighted by Gasteiger charge is -2.21. The van der Waals surface area contributed by atoms with Gasteiger partial charge in [0.2, 0.25) is 0 Å². The molecule has 1 aliphatic rings. The Kier molecular flexibility index (Phi) is 2.92. The molecule has 18 heavy (non-hydrogen) atoms. The highest BCUT2D eigenvalue weighted by molar-refractivity contribution is 5.57. The molecule has 1 aromatic heterocycles. The van der Waals surface area contributed by atoms with Gasteiger partial charge in [0, 0.05) is 31.9 Å². The number of hydrogen-bond acceptors (Lipinski definition) is 3. The zero-order valence-electron chi connectivity index (χ0n) is 10.6. The van der Waals surface area contributed by atoms with Crippen molar-refractivity contribution in [2.24, 2.45) is 7.05 Å². The molecule has 0 fully saturated rings. The van der Waals surface area contributed by atoms with Crippen molar-refractivity contribution in [2.45, 2.75) is 19.4 Å². The van der Waals surface area contributed by atoms with Crippen LogP contribution in [0.4, 0.5) is 11.5 Å². The summed E-state index contributed by atoms with van der Waals surface area (Å²) in [5.41, 5.74) is 4.13. The monoisotopic (exact) mass is 242 g/mol. The third-order valence-electron chi connectivity index (χ3n) is 3.47. The van der Waals surface area contributed by atoms with Crippen molar-refractivity contribution in [2.75, 3.05) is 17.2 Å². The molecular formula is C14H18N4. The molecule has 0 spiro atoms. The summed E-state index contributed by atoms with van der Waals surface area (Å²) in [5.74, 6) is 1.05. The molecule has 0 atom stereocenters. The van der Waals surface area contributed by atoms with Gasteiger partial charge < -0.3 is 10.6 Å². The number of aromatic nitrogens is 2. The molecule has 0 saturated heterocycles. The van der Waals surface area contributed by atoms with Crippen LogP contribution in [0.15, 0.2) is 30.5 Å². The van der Waals surface area contributed by atoms with Gasteiger partial charge in [-0.2, -0.15) is 5.10 Å². The third-order valence-corrected chi connectivity index (χ3v) is 3.47. The summed E-state index contributed by atoms with van der Waals surface area (Å²) in [5, 5.41) is 11.1. The largest absolute Gasteiger partial charge is 0.385 e. The SMILES string of the molecule is Cn1nccc1NCc1cccc2c1CCCN2. The van der Waals surface area contributed by atoms with Crippen molar-refractivity contribution in [3.63, 3.8) is 0 Å². The van der Waals surface area contributed by atoms with Gasteiger partial charge in [-0.25, -0.2) is 0 Å². The maximum atomic E-state index is 4.16. The third kappa shape index (κ3) is 2.06. The van der Waals surface area contributed by atoms with E-state index in [1.807, 2.05) is 24.0 Å². The zero-order valence-corrected chi connectivity index (χ0v) is 10.6. The Bertz CT molecular complexity index is 544. The second-order valence-electron chi connectivity index (χ2n) is 4.67. The molecule has 0 amide bonds. The number of hydrogen-bond donors (Lipinski definition) is 2. The summed E-state index contributed by atoms with van der Waals surface area (Å²) in [6.07, 6.45) is 4.20. The minimum absolute atomic E-state index is 0.852. The van der Waals surface area contributed by atoms with Crippen molar-refractivity contribution < 1.29 is 0 Å². The molecule has 2 heterocycles. The van der Waals surface area contributed by atoms with E-state index in [-0.39, 0.29) is 0 Å². The Balaban J connectivity index is 1.79. The van der Waals surface area contributed by atoms with E-state index >= 15 is 0 Å². The van der Waals surface area contributed by atoms with Crippen LogP contribution in [0.3, 0.4) is 0 Å². The van der Waals surface area contributed by atoms with Crippen LogP contribution in [0.2, 0.25) is 0 Å². The molecule has 2 aromatic rings. The van der Waals surface area contributed by atoms with Crippen molar-refractivity contribution in [3.8, 4) is 0 Å². The molecule has 0 bridgehead atoms. The maximum absolute atomic E-state index is 4.16. The van der Waals surface area contributed by atoms with Crippen LogP contribution in [0.1, 0.15) is 17.5 Å². The van der Waals surface area contributed by atoms with Crippen LogP contribution in [0.25, 0.3) is 0 Å². The molecule has 3 rings (SSSR count). The number of nitrogens with zero attached hydrogens (tertiary/aromatic N) is 2. The summed E-state index contributed by atoms with van der Waals surface area (Å²) >= 11 is 0. The Morgan fingerprint density at radius 3 is 3.17 bits per heavy atom. The van der Waals surface area contributed by atoms with Crippen LogP contribution >= 0.6 is 0 Å². The first-order chi connectivity index (χ1) is 8.84. The van der Waals surface area contributed by atoms with Crippen LogP contribution in [-0.4, -0.2) is 16.3 Å². The van der Waals surface area contributed by atoms with Crippen molar-refractivity contribution in [1.29, 1.82) is 0 Å². The van der Waals surface area contributed by atoms with E-state index in [1.165, 1.54) is 29.7 Å². The zero-order chi connectivity index (χ0) is 12.4. The number of anilines is 2. The molecule has 2 N–H and O–H groups in total. The van der Waals surface area contributed by atoms with Crippen LogP contribution < -0.4 is 10.6 Å². The summed E-state index contributed by atoms with van der Waals surface area (Å²) in [6, 6.07) is 8.49. The minimum atomic E-state index is 0.852. The topological polar surface area (TPSA) is 41.9 Å². The lowest BCUT2D eigenvalue weighted by molar-refractivity contribution is 0.766. The van der Waals surface area contributed by atoms with Gasteiger partial charge in [0.25, 0.3) is 0 Å². The molecule has 1 aromatic carbocycles. The van der Waals surface area contributed by atoms with Crippen LogP contribution in [0.5, 0.6) is 0 Å². The van der Waals surface area contributed by atoms with Crippen molar-refractivity contribution >= 4 is 11.5 Å². The van der Waals surface area contributed by atoms with Gasteiger partial charge in [-0.15, -0.1) is 0 Å². The second-order valence-corrected chi connectivity index (χ2v) is 4.67. The first kappa shape index (κ1) is 11.1. The minimum Gasteiger partial charge on any atom is -0.385 e. The Hall–Kier alpha value is -1.97. The predicted molar refractivity (Wildman–Crippen MR) is 73.8 cm³/mol. The molecule has 0 radical (unpaired) electrons. The fourth-order valence-electron chi connectivity index (χ4n) is 2.48. The fourth-order valence-corrected chi connectivity index (χ4v) is 2.48. The van der Waals surface area contributed by atoms with Crippen molar-refractivity contribution in [1.82, 2.24) is 9.78 Å². The van der Waals surface area contributed by atoms with E-state index in [2.05, 4.69) is 33.9 Å². The molecule has 4 nitrogen and oxygen atoms in total. The Morgan fingerprint density at radius 2 is 2.33 bits per heavy atom. The molecule has 0 aliphatic carbocycles. The van der Waals surface area contributed by atoms with E-state index in [0.717, 1.165) is 18.9 Å². The van der Waals surface area contributed by atoms with E-state index in [0.29, 0.717) is 0 Å². The first-order valence-electron chi connectivity index (χ1n) is 6.41. The fraction of sp³-hybridized carbons (Fsp3) is 0.357. The van der Waals surface area contributed by atoms with Crippen molar-refractivity contribution in [3.05, 3.63) is 41.6 Å². The first-order valence-corrected chi connectivity index (χ1v) is 6.41. The van der Waals surface area contributed by atoms with E-state index in [9.17, 15) is 0 Å². The average molecular weight is 242 g/mol. The Labute approximate surface area is 107 Å². The number of nitrogens with one attached hydrogen (secondary N) is 2. The normalized spacial score (nSPS) is 13.8. The van der Waals surface area contributed by atoms with E-state index in [1.54, 1.807) is 0 Å². The molecule has 1 aliphatic heterocycles. The number of fused-ring (bicyclic) bond motifs is 1. The van der Waals surface area contributed by atoms with Gasteiger partial charge in [-0.05, 0) is 30.0 Å². The van der Waals surface area contributed by atoms with Gasteiger partial charge in [-0.3, -0.25) is 4.68 Å². The highest BCUT2D eigenvalue weighted by Crippen LogP contribution is 2.25. The van der Waals surface area contributed by atoms with E-state index in [4.69, 9.17) is 0 Å². The van der Waals surface area contributed by atoms with Crippen LogP contribution in [0, 0.1) is 0 Å². The molecular weight excluding hydrogens is 224 g/mol. The molecule has 4 heteroatoms. The van der Waals surface area contributed by atoms with Gasteiger partial charge in [-0.1, -0.05) is 12.1 Å². The lowest BCUT2D eigenvalue weighted by Crippen LogP contribution is -2.15. The standard InChI is InChI=1S/C14H18N4/c1-18-14(7-9-17-18)16-10-11-4-2-6-13-12(11)5-3-8-15-13/h2,4,6-7,9,15-16H,3,5,8,10H2,1H3. The van der Waals surface area contributed by atoms with Gasteiger partial charge >= 0.3 is 0 Å². The van der Waals surface area contributed by atoms with Crippen LogP contribution in [-0.2, 0) is 20.0 Å². The quantitative estimate of drug-likeness (QED) is 0.868. The molecule has 94 valence electrons. The maximum Gasteiger partial charge on any atom is 0.124 e. The summed E-state index contributed by atoms with van der Waals surface area (Å²) in [7, 11) is 1.95. The average Bonchev–Trinajstić information content (AvgIpc) is 2.82. The van der Waals surface area contributed by atoms with E-state index < -0.39 is 0 Å². The predicted octanol–water partition coefficient (Wildman–Crippen LogP) is 2.39. The smallest absolute Gasteiger partial charge is 0.124 e. The highest BCUT2D eigenvalue weighted by atomic mass is 15.3. The summed E-state index contributed by atoms with van der Waals surface area (Å²) in [6.45, 7) is 1.94. The number of aryl methyl sites for hydroxylation is 1. The van der Waals surface area contributed by atoms with Gasteiger partial charge in [0.1, 0.15) is 5.82 Å². The molecule has 0 unspecified atom stereocenters. The summed E-state index contributed by atoms with van der Waals surface area (Å²) < 4.78 is 1.85. The Morgan fingerprint density at radius 1 is 1.39 bits per heavy atom. The molecule has 0 saturated carbocycles. The number of benzene rings is 1. The lowest BCUT2D eigenvalue weighted by atomic mass is 9.97. The summed E-state index contributed by atoms with van der Waals surface area (Å²) in [4.78, 5) is 0. The second kappa shape index (κ2) is 4.72. The highest BCUT2D eigenvalue weighted by Gasteiger charge is 2.12. The number of rotatable bonds is 3. The van der Waals surface area contributed by atoms with Gasteiger partial charge in [0.05, 0.1) is 6.20 Å².